The summed E-state index contributed by atoms with van der Waals surface area (Å²) in [5.41, 5.74) is 1.07. The highest BCUT2D eigenvalue weighted by atomic mass is 16.5. The number of benzene rings is 2. The summed E-state index contributed by atoms with van der Waals surface area (Å²) >= 11 is 0. The third-order valence-corrected chi connectivity index (χ3v) is 4.63. The molecule has 29 heavy (non-hydrogen) atoms. The first-order valence-electron chi connectivity index (χ1n) is 9.21. The van der Waals surface area contributed by atoms with Gasteiger partial charge in [-0.25, -0.2) is 4.90 Å². The molecule has 2 unspecified atom stereocenters. The van der Waals surface area contributed by atoms with Crippen molar-refractivity contribution in [3.8, 4) is 5.75 Å². The number of fused-ring (bicyclic) bond motifs is 1. The van der Waals surface area contributed by atoms with E-state index >= 15 is 0 Å². The van der Waals surface area contributed by atoms with E-state index < -0.39 is 23.9 Å². The maximum absolute atomic E-state index is 12.8. The minimum atomic E-state index is -0.930. The van der Waals surface area contributed by atoms with Crippen LogP contribution in [-0.2, 0) is 14.4 Å². The number of rotatable bonds is 6. The summed E-state index contributed by atoms with van der Waals surface area (Å²) in [6, 6.07) is 13.7. The number of imide groups is 1. The van der Waals surface area contributed by atoms with Gasteiger partial charge in [-0.2, -0.15) is 5.11 Å². The van der Waals surface area contributed by atoms with Crippen LogP contribution in [0, 0.1) is 0 Å². The number of nitrogens with zero attached hydrogens (tertiary/aromatic N) is 4. The van der Waals surface area contributed by atoms with Gasteiger partial charge in [0.15, 0.2) is 12.1 Å². The van der Waals surface area contributed by atoms with E-state index in [4.69, 9.17) is 4.74 Å². The Kier molecular flexibility index (Phi) is 4.94. The summed E-state index contributed by atoms with van der Waals surface area (Å²) in [6.07, 6.45) is 0. The van der Waals surface area contributed by atoms with Crippen LogP contribution in [0.5, 0.6) is 5.75 Å². The molecule has 0 aromatic heterocycles. The van der Waals surface area contributed by atoms with E-state index in [-0.39, 0.29) is 12.5 Å². The molecule has 0 saturated carbocycles. The van der Waals surface area contributed by atoms with Gasteiger partial charge in [0, 0.05) is 5.69 Å². The standard InChI is InChI=1S/C20H19N5O4/c1-2-29-15-10-8-13(9-11-15)21-16(26)12-24-18-17(22-23-24)19(27)25(20(18)28)14-6-4-3-5-7-14/h3-11,17-18H,2,12H2,1H3,(H,21,26). The minimum absolute atomic E-state index is 0.195. The fraction of sp³-hybridized carbons (Fsp3) is 0.250. The molecule has 148 valence electrons. The number of ether oxygens (including phenoxy) is 1. The van der Waals surface area contributed by atoms with Crippen molar-refractivity contribution in [2.75, 3.05) is 23.4 Å². The Morgan fingerprint density at radius 1 is 1.07 bits per heavy atom. The molecule has 4 rings (SSSR count). The molecule has 0 bridgehead atoms. The van der Waals surface area contributed by atoms with Gasteiger partial charge < -0.3 is 10.1 Å². The van der Waals surface area contributed by atoms with Crippen molar-refractivity contribution < 1.29 is 19.1 Å². The Bertz CT molecular complexity index is 961. The van der Waals surface area contributed by atoms with Gasteiger partial charge in [-0.3, -0.25) is 19.4 Å². The maximum Gasteiger partial charge on any atom is 0.263 e. The van der Waals surface area contributed by atoms with Crippen LogP contribution in [0.1, 0.15) is 6.92 Å². The lowest BCUT2D eigenvalue weighted by atomic mass is 10.1. The Hall–Kier alpha value is -3.75. The zero-order valence-electron chi connectivity index (χ0n) is 15.7. The molecule has 1 N–H and O–H groups in total. The van der Waals surface area contributed by atoms with E-state index in [9.17, 15) is 14.4 Å². The van der Waals surface area contributed by atoms with Crippen LogP contribution in [0.15, 0.2) is 64.9 Å². The van der Waals surface area contributed by atoms with Crippen molar-refractivity contribution in [2.24, 2.45) is 10.3 Å². The van der Waals surface area contributed by atoms with E-state index in [2.05, 4.69) is 15.7 Å². The van der Waals surface area contributed by atoms with Crippen LogP contribution in [0.2, 0.25) is 0 Å². The highest BCUT2D eigenvalue weighted by Gasteiger charge is 2.55. The lowest BCUT2D eigenvalue weighted by Gasteiger charge is -2.20. The average Bonchev–Trinajstić information content (AvgIpc) is 3.24. The highest BCUT2D eigenvalue weighted by molar-refractivity contribution is 6.25. The number of carbonyl (C=O) groups is 3. The Labute approximate surface area is 166 Å². The number of anilines is 2. The van der Waals surface area contributed by atoms with Gasteiger partial charge in [0.2, 0.25) is 5.91 Å². The van der Waals surface area contributed by atoms with Gasteiger partial charge in [0.05, 0.1) is 12.3 Å². The molecule has 2 aromatic carbocycles. The van der Waals surface area contributed by atoms with E-state index in [1.807, 2.05) is 6.92 Å². The zero-order valence-corrected chi connectivity index (χ0v) is 15.7. The van der Waals surface area contributed by atoms with Crippen LogP contribution in [-0.4, -0.2) is 48.0 Å². The Balaban J connectivity index is 1.42. The number of hydrogen-bond donors (Lipinski definition) is 1. The maximum atomic E-state index is 12.8. The second-order valence-corrected chi connectivity index (χ2v) is 6.55. The molecule has 3 amide bonds. The van der Waals surface area contributed by atoms with Crippen LogP contribution >= 0.6 is 0 Å². The topological polar surface area (TPSA) is 104 Å². The second-order valence-electron chi connectivity index (χ2n) is 6.55. The molecule has 2 aliphatic rings. The summed E-state index contributed by atoms with van der Waals surface area (Å²) in [6.45, 7) is 2.25. The molecule has 2 atom stereocenters. The first kappa shape index (κ1) is 18.6. The van der Waals surface area contributed by atoms with Crippen LogP contribution in [0.3, 0.4) is 0 Å². The molecule has 0 aliphatic carbocycles. The molecule has 2 aromatic rings. The van der Waals surface area contributed by atoms with E-state index in [1.165, 1.54) is 5.01 Å². The Morgan fingerprint density at radius 2 is 1.79 bits per heavy atom. The summed E-state index contributed by atoms with van der Waals surface area (Å²) < 4.78 is 5.37. The normalized spacial score (nSPS) is 20.2. The molecule has 2 heterocycles. The lowest BCUT2D eigenvalue weighted by molar-refractivity contribution is -0.123. The molecule has 1 fully saturated rings. The number of amides is 3. The summed E-state index contributed by atoms with van der Waals surface area (Å²) in [5.74, 6) is -0.542. The van der Waals surface area contributed by atoms with Crippen molar-refractivity contribution in [1.82, 2.24) is 5.01 Å². The van der Waals surface area contributed by atoms with Gasteiger partial charge in [-0.15, -0.1) is 0 Å². The van der Waals surface area contributed by atoms with Gasteiger partial charge in [0.1, 0.15) is 12.3 Å². The first-order valence-corrected chi connectivity index (χ1v) is 9.21. The van der Waals surface area contributed by atoms with Crippen LogP contribution in [0.4, 0.5) is 11.4 Å². The van der Waals surface area contributed by atoms with Crippen molar-refractivity contribution in [3.63, 3.8) is 0 Å². The third kappa shape index (κ3) is 3.54. The SMILES string of the molecule is CCOc1ccc(NC(=O)CN2N=NC3C(=O)N(c4ccccc4)C(=O)C32)cc1. The highest BCUT2D eigenvalue weighted by Crippen LogP contribution is 2.31. The monoisotopic (exact) mass is 393 g/mol. The lowest BCUT2D eigenvalue weighted by Crippen LogP contribution is -2.43. The zero-order chi connectivity index (χ0) is 20.4. The van der Waals surface area contributed by atoms with Gasteiger partial charge in [-0.05, 0) is 43.3 Å². The molecule has 9 nitrogen and oxygen atoms in total. The molecular weight excluding hydrogens is 374 g/mol. The largest absolute Gasteiger partial charge is 0.494 e. The number of carbonyl (C=O) groups excluding carboxylic acids is 3. The Morgan fingerprint density at radius 3 is 2.48 bits per heavy atom. The van der Waals surface area contributed by atoms with Crippen molar-refractivity contribution in [1.29, 1.82) is 0 Å². The predicted molar refractivity (Wildman–Crippen MR) is 104 cm³/mol. The molecule has 9 heteroatoms. The molecule has 0 spiro atoms. The molecule has 2 aliphatic heterocycles. The van der Waals surface area contributed by atoms with Crippen LogP contribution in [0.25, 0.3) is 0 Å². The first-order chi connectivity index (χ1) is 14.1. The van der Waals surface area contributed by atoms with Crippen molar-refractivity contribution in [2.45, 2.75) is 19.0 Å². The third-order valence-electron chi connectivity index (χ3n) is 4.63. The molecule has 0 radical (unpaired) electrons. The van der Waals surface area contributed by atoms with Crippen molar-refractivity contribution in [3.05, 3.63) is 54.6 Å². The average molecular weight is 393 g/mol. The fourth-order valence-electron chi connectivity index (χ4n) is 3.33. The summed E-state index contributed by atoms with van der Waals surface area (Å²) in [7, 11) is 0. The van der Waals surface area contributed by atoms with E-state index in [0.29, 0.717) is 23.7 Å². The number of para-hydroxylation sites is 1. The van der Waals surface area contributed by atoms with Gasteiger partial charge in [0.25, 0.3) is 11.8 Å². The smallest absolute Gasteiger partial charge is 0.263 e. The summed E-state index contributed by atoms with van der Waals surface area (Å²) in [4.78, 5) is 39.0. The molecule has 1 saturated heterocycles. The summed E-state index contributed by atoms with van der Waals surface area (Å²) in [5, 5.41) is 11.8. The van der Waals surface area contributed by atoms with Crippen LogP contribution < -0.4 is 15.0 Å². The quantitative estimate of drug-likeness (QED) is 0.756. The van der Waals surface area contributed by atoms with E-state index in [0.717, 1.165) is 4.90 Å². The van der Waals surface area contributed by atoms with Gasteiger partial charge >= 0.3 is 0 Å². The van der Waals surface area contributed by atoms with E-state index in [1.54, 1.807) is 54.6 Å². The van der Waals surface area contributed by atoms with Gasteiger partial charge in [-0.1, -0.05) is 23.4 Å². The second kappa shape index (κ2) is 7.70. The number of nitrogens with one attached hydrogen (secondary N) is 1. The molecular formula is C20H19N5O4. The predicted octanol–water partition coefficient (Wildman–Crippen LogP) is 2.02. The minimum Gasteiger partial charge on any atom is -0.494 e. The fourth-order valence-corrected chi connectivity index (χ4v) is 3.33. The number of hydrogen-bond acceptors (Lipinski definition) is 7. The van der Waals surface area contributed by atoms with Crippen molar-refractivity contribution >= 4 is 29.1 Å².